The molecule has 0 amide bonds. The largest absolute Gasteiger partial charge is 0.379 e. The molecule has 0 spiro atoms. The molecule has 2 N–H and O–H groups in total. The molecule has 0 radical (unpaired) electrons. The fraction of sp³-hybridized carbons (Fsp3) is 0.529. The van der Waals surface area contributed by atoms with Gasteiger partial charge in [0.25, 0.3) is 0 Å². The van der Waals surface area contributed by atoms with Gasteiger partial charge in [0.15, 0.2) is 0 Å². The molecular weight excluding hydrogens is 298 g/mol. The third-order valence-electron chi connectivity index (χ3n) is 4.85. The van der Waals surface area contributed by atoms with E-state index in [1.54, 1.807) is 0 Å². The van der Waals surface area contributed by atoms with Gasteiger partial charge in [-0.1, -0.05) is 11.6 Å². The maximum absolute atomic E-state index is 6.17. The molecule has 0 aliphatic carbocycles. The molecule has 1 saturated heterocycles. The minimum absolute atomic E-state index is 0.415. The topological polar surface area (TPSA) is 40.3 Å². The van der Waals surface area contributed by atoms with Crippen molar-refractivity contribution in [2.75, 3.05) is 39.4 Å². The molecule has 0 saturated carbocycles. The number of nitrogens with zero attached hydrogens (tertiary/aromatic N) is 1. The van der Waals surface area contributed by atoms with Gasteiger partial charge < -0.3 is 15.0 Å². The molecular formula is C17H22ClN3O. The molecule has 0 bridgehead atoms. The highest BCUT2D eigenvalue weighted by Gasteiger charge is 2.24. The summed E-state index contributed by atoms with van der Waals surface area (Å²) < 4.78 is 5.42. The van der Waals surface area contributed by atoms with E-state index in [0.717, 1.165) is 57.3 Å². The molecule has 2 aromatic rings. The standard InChI is InChI=1S/C17H22ClN3O/c18-12-1-2-15-14(11-12)13-3-5-19-16(17(13)20-15)4-6-21-7-9-22-10-8-21/h1-2,11,16,19-20H,3-10H2/t16-/m0/s1. The number of benzene rings is 1. The normalized spacial score (nSPS) is 22.9. The summed E-state index contributed by atoms with van der Waals surface area (Å²) in [6, 6.07) is 6.56. The van der Waals surface area contributed by atoms with Crippen LogP contribution in [0, 0.1) is 0 Å². The van der Waals surface area contributed by atoms with Crippen LogP contribution < -0.4 is 5.32 Å². The van der Waals surface area contributed by atoms with Crippen LogP contribution in [0.4, 0.5) is 0 Å². The lowest BCUT2D eigenvalue weighted by Gasteiger charge is -2.30. The summed E-state index contributed by atoms with van der Waals surface area (Å²) in [5, 5.41) is 5.78. The Bertz CT molecular complexity index is 663. The lowest BCUT2D eigenvalue weighted by Crippen LogP contribution is -2.39. The van der Waals surface area contributed by atoms with Gasteiger partial charge in [-0.25, -0.2) is 0 Å². The van der Waals surface area contributed by atoms with Crippen LogP contribution in [0.25, 0.3) is 10.9 Å². The van der Waals surface area contributed by atoms with Gasteiger partial charge in [0, 0.05) is 47.3 Å². The molecule has 4 nitrogen and oxygen atoms in total. The Morgan fingerprint density at radius 2 is 2.14 bits per heavy atom. The van der Waals surface area contributed by atoms with Crippen molar-refractivity contribution < 1.29 is 4.74 Å². The van der Waals surface area contributed by atoms with E-state index in [0.29, 0.717) is 6.04 Å². The van der Waals surface area contributed by atoms with Crippen LogP contribution in [0.15, 0.2) is 18.2 Å². The minimum atomic E-state index is 0.415. The number of hydrogen-bond acceptors (Lipinski definition) is 3. The Balaban J connectivity index is 1.55. The quantitative estimate of drug-likeness (QED) is 0.914. The molecule has 1 aromatic carbocycles. The second-order valence-corrected chi connectivity index (χ2v) is 6.64. The third kappa shape index (κ3) is 2.76. The maximum atomic E-state index is 6.17. The van der Waals surface area contributed by atoms with Gasteiger partial charge in [-0.2, -0.15) is 0 Å². The van der Waals surface area contributed by atoms with Gasteiger partial charge in [0.1, 0.15) is 0 Å². The van der Waals surface area contributed by atoms with E-state index in [-0.39, 0.29) is 0 Å². The molecule has 22 heavy (non-hydrogen) atoms. The summed E-state index contributed by atoms with van der Waals surface area (Å²) in [4.78, 5) is 6.12. The molecule has 4 rings (SSSR count). The van der Waals surface area contributed by atoms with E-state index in [1.165, 1.54) is 22.2 Å². The molecule has 0 unspecified atom stereocenters. The van der Waals surface area contributed by atoms with Gasteiger partial charge >= 0.3 is 0 Å². The average molecular weight is 320 g/mol. The van der Waals surface area contributed by atoms with Crippen LogP contribution in [-0.4, -0.2) is 49.3 Å². The number of H-pyrrole nitrogens is 1. The predicted molar refractivity (Wildman–Crippen MR) is 89.6 cm³/mol. The number of morpholine rings is 1. The second-order valence-electron chi connectivity index (χ2n) is 6.21. The second kappa shape index (κ2) is 6.20. The number of ether oxygens (including phenoxy) is 1. The number of nitrogens with one attached hydrogen (secondary N) is 2. The first kappa shape index (κ1) is 14.5. The molecule has 1 atom stereocenters. The van der Waals surface area contributed by atoms with E-state index in [2.05, 4.69) is 27.3 Å². The molecule has 118 valence electrons. The van der Waals surface area contributed by atoms with Crippen molar-refractivity contribution in [1.82, 2.24) is 15.2 Å². The summed E-state index contributed by atoms with van der Waals surface area (Å²) in [6.45, 7) is 6.02. The number of fused-ring (bicyclic) bond motifs is 3. The zero-order valence-electron chi connectivity index (χ0n) is 12.7. The van der Waals surface area contributed by atoms with Crippen LogP contribution in [0.2, 0.25) is 5.02 Å². The zero-order valence-corrected chi connectivity index (χ0v) is 13.5. The summed E-state index contributed by atoms with van der Waals surface area (Å²) >= 11 is 6.17. The Morgan fingerprint density at radius 3 is 3.00 bits per heavy atom. The maximum Gasteiger partial charge on any atom is 0.0594 e. The van der Waals surface area contributed by atoms with Gasteiger partial charge in [-0.05, 0) is 43.1 Å². The molecule has 2 aliphatic heterocycles. The first-order valence-corrected chi connectivity index (χ1v) is 8.52. The van der Waals surface area contributed by atoms with Crippen molar-refractivity contribution in [3.05, 3.63) is 34.5 Å². The number of halogens is 1. The fourth-order valence-electron chi connectivity index (χ4n) is 3.66. The number of aromatic amines is 1. The number of hydrogen-bond donors (Lipinski definition) is 2. The first-order valence-electron chi connectivity index (χ1n) is 8.15. The van der Waals surface area contributed by atoms with Crippen molar-refractivity contribution in [2.45, 2.75) is 18.9 Å². The van der Waals surface area contributed by atoms with Crippen LogP contribution in [0.1, 0.15) is 23.7 Å². The van der Waals surface area contributed by atoms with Crippen LogP contribution in [0.5, 0.6) is 0 Å². The number of aromatic nitrogens is 1. The van der Waals surface area contributed by atoms with Gasteiger partial charge in [-0.3, -0.25) is 4.90 Å². The van der Waals surface area contributed by atoms with Crippen molar-refractivity contribution >= 4 is 22.5 Å². The highest BCUT2D eigenvalue weighted by atomic mass is 35.5. The van der Waals surface area contributed by atoms with E-state index in [4.69, 9.17) is 16.3 Å². The highest BCUT2D eigenvalue weighted by molar-refractivity contribution is 6.31. The van der Waals surface area contributed by atoms with Gasteiger partial charge in [0.2, 0.25) is 0 Å². The summed E-state index contributed by atoms with van der Waals surface area (Å²) in [6.07, 6.45) is 2.21. The lowest BCUT2D eigenvalue weighted by molar-refractivity contribution is 0.0360. The third-order valence-corrected chi connectivity index (χ3v) is 5.09. The monoisotopic (exact) mass is 319 g/mol. The lowest BCUT2D eigenvalue weighted by atomic mass is 9.97. The SMILES string of the molecule is Clc1ccc2[nH]c3c(c2c1)CCN[C@H]3CCN1CCOCC1. The van der Waals surface area contributed by atoms with Crippen molar-refractivity contribution in [3.8, 4) is 0 Å². The molecule has 5 heteroatoms. The minimum Gasteiger partial charge on any atom is -0.379 e. The van der Waals surface area contributed by atoms with Crippen LogP contribution in [0.3, 0.4) is 0 Å². The smallest absolute Gasteiger partial charge is 0.0594 e. The summed E-state index contributed by atoms with van der Waals surface area (Å²) in [5.41, 5.74) is 4.01. The molecule has 3 heterocycles. The van der Waals surface area contributed by atoms with E-state index < -0.39 is 0 Å². The van der Waals surface area contributed by atoms with Gasteiger partial charge in [-0.15, -0.1) is 0 Å². The predicted octanol–water partition coefficient (Wildman–Crippen LogP) is 2.73. The summed E-state index contributed by atoms with van der Waals surface area (Å²) in [5.74, 6) is 0. The molecule has 2 aliphatic rings. The summed E-state index contributed by atoms with van der Waals surface area (Å²) in [7, 11) is 0. The fourth-order valence-corrected chi connectivity index (χ4v) is 3.84. The van der Waals surface area contributed by atoms with E-state index >= 15 is 0 Å². The molecule has 1 aromatic heterocycles. The Labute approximate surface area is 135 Å². The van der Waals surface area contributed by atoms with Crippen molar-refractivity contribution in [3.63, 3.8) is 0 Å². The van der Waals surface area contributed by atoms with E-state index in [1.807, 2.05) is 6.07 Å². The van der Waals surface area contributed by atoms with Crippen molar-refractivity contribution in [2.24, 2.45) is 0 Å². The molecule has 1 fully saturated rings. The average Bonchev–Trinajstić information content (AvgIpc) is 2.92. The Kier molecular flexibility index (Phi) is 4.09. The van der Waals surface area contributed by atoms with Crippen LogP contribution in [-0.2, 0) is 11.2 Å². The highest BCUT2D eigenvalue weighted by Crippen LogP contribution is 2.33. The zero-order chi connectivity index (χ0) is 14.9. The first-order chi connectivity index (χ1) is 10.8. The van der Waals surface area contributed by atoms with E-state index in [9.17, 15) is 0 Å². The number of rotatable bonds is 3. The Hall–Kier alpha value is -1.07. The van der Waals surface area contributed by atoms with Crippen LogP contribution >= 0.6 is 11.6 Å². The van der Waals surface area contributed by atoms with Crippen molar-refractivity contribution in [1.29, 1.82) is 0 Å². The Morgan fingerprint density at radius 1 is 1.27 bits per heavy atom. The van der Waals surface area contributed by atoms with Gasteiger partial charge in [0.05, 0.1) is 13.2 Å².